The fourth-order valence-corrected chi connectivity index (χ4v) is 4.25. The number of carbonyl (C=O) groups is 1. The molecule has 0 aliphatic carbocycles. The number of nitro groups is 1. The average Bonchev–Trinajstić information content (AvgIpc) is 2.92. The quantitative estimate of drug-likeness (QED) is 0.199. The lowest BCUT2D eigenvalue weighted by molar-refractivity contribution is -0.387. The Morgan fingerprint density at radius 2 is 1.90 bits per heavy atom. The fraction of sp³-hybridized carbons (Fsp3) is 0.207. The molecule has 0 atom stereocenters. The Balaban J connectivity index is 1.66. The Hall–Kier alpha value is -4.86. The normalized spacial score (nSPS) is 10.8. The van der Waals surface area contributed by atoms with E-state index in [9.17, 15) is 24.1 Å². The number of aromatic nitrogens is 2. The fourth-order valence-electron chi connectivity index (χ4n) is 4.25. The van der Waals surface area contributed by atoms with Crippen LogP contribution in [0.3, 0.4) is 0 Å². The highest BCUT2D eigenvalue weighted by Crippen LogP contribution is 2.29. The van der Waals surface area contributed by atoms with Crippen LogP contribution < -0.4 is 16.2 Å². The number of hydrogen-bond donors (Lipinski definition) is 2. The van der Waals surface area contributed by atoms with E-state index >= 15 is 0 Å². The lowest BCUT2D eigenvalue weighted by Crippen LogP contribution is -2.21. The lowest BCUT2D eigenvalue weighted by Gasteiger charge is -2.15. The van der Waals surface area contributed by atoms with E-state index in [0.29, 0.717) is 22.5 Å². The summed E-state index contributed by atoms with van der Waals surface area (Å²) in [4.78, 5) is 40.7. The summed E-state index contributed by atoms with van der Waals surface area (Å²) in [6.45, 7) is 3.95. The zero-order valence-corrected chi connectivity index (χ0v) is 21.8. The molecular formula is C29H28FN5O4. The van der Waals surface area contributed by atoms with Gasteiger partial charge in [0.15, 0.2) is 5.82 Å². The van der Waals surface area contributed by atoms with E-state index in [1.165, 1.54) is 10.6 Å². The standard InChI is InChI=1S/C29H28FN5O4/c1-4-5-9-19-10-6-7-11-22(19)28(36)33-24-13-8-12-21(18(24)2)25-17-34(3)29(37)27(32-25)31-20-14-15-23(30)26(16-20)35(38)39/h6-8,10-17H,4-5,9H2,1-3H3,(H,31,32)(H,33,36). The van der Waals surface area contributed by atoms with Crippen molar-refractivity contribution in [1.82, 2.24) is 9.55 Å². The van der Waals surface area contributed by atoms with Crippen LogP contribution in [0, 0.1) is 22.9 Å². The molecule has 0 spiro atoms. The van der Waals surface area contributed by atoms with Crippen molar-refractivity contribution in [1.29, 1.82) is 0 Å². The van der Waals surface area contributed by atoms with Crippen LogP contribution in [0.15, 0.2) is 71.7 Å². The molecule has 4 aromatic rings. The summed E-state index contributed by atoms with van der Waals surface area (Å²) in [5.74, 6) is -1.28. The Morgan fingerprint density at radius 3 is 2.64 bits per heavy atom. The van der Waals surface area contributed by atoms with Crippen molar-refractivity contribution in [2.75, 3.05) is 10.6 Å². The SMILES string of the molecule is CCCCc1ccccc1C(=O)Nc1cccc(-c2cn(C)c(=O)c(Nc3ccc(F)c([N+](=O)[O-])c3)n2)c1C. The number of benzene rings is 3. The molecule has 0 unspecified atom stereocenters. The van der Waals surface area contributed by atoms with Crippen LogP contribution in [0.1, 0.15) is 41.3 Å². The van der Waals surface area contributed by atoms with Crippen LogP contribution in [0.4, 0.5) is 27.3 Å². The number of carbonyl (C=O) groups excluding carboxylic acids is 1. The highest BCUT2D eigenvalue weighted by atomic mass is 19.1. The molecule has 2 N–H and O–H groups in total. The Morgan fingerprint density at radius 1 is 1.13 bits per heavy atom. The van der Waals surface area contributed by atoms with E-state index < -0.39 is 22.0 Å². The summed E-state index contributed by atoms with van der Waals surface area (Å²) >= 11 is 0. The number of amides is 1. The Bertz CT molecular complexity index is 1620. The third-order valence-corrected chi connectivity index (χ3v) is 6.40. The highest BCUT2D eigenvalue weighted by molar-refractivity contribution is 6.06. The molecule has 0 bridgehead atoms. The molecule has 0 saturated carbocycles. The van der Waals surface area contributed by atoms with Crippen molar-refractivity contribution >= 4 is 28.8 Å². The van der Waals surface area contributed by atoms with E-state index in [4.69, 9.17) is 0 Å². The lowest BCUT2D eigenvalue weighted by atomic mass is 10.0. The van der Waals surface area contributed by atoms with Gasteiger partial charge in [-0.05, 0) is 55.2 Å². The largest absolute Gasteiger partial charge is 0.335 e. The second-order valence-corrected chi connectivity index (χ2v) is 9.13. The first-order valence-electron chi connectivity index (χ1n) is 12.5. The molecule has 1 heterocycles. The zero-order valence-electron chi connectivity index (χ0n) is 21.8. The first kappa shape index (κ1) is 27.2. The van der Waals surface area contributed by atoms with E-state index in [1.807, 2.05) is 37.3 Å². The van der Waals surface area contributed by atoms with Crippen molar-refractivity contribution < 1.29 is 14.1 Å². The van der Waals surface area contributed by atoms with Gasteiger partial charge in [-0.15, -0.1) is 0 Å². The first-order chi connectivity index (χ1) is 18.7. The number of nitrogens with zero attached hydrogens (tertiary/aromatic N) is 3. The third-order valence-electron chi connectivity index (χ3n) is 6.40. The van der Waals surface area contributed by atoms with Crippen LogP contribution in [0.2, 0.25) is 0 Å². The van der Waals surface area contributed by atoms with Crippen LogP contribution in [0.25, 0.3) is 11.3 Å². The average molecular weight is 530 g/mol. The number of halogens is 1. The van der Waals surface area contributed by atoms with Gasteiger partial charge in [0.2, 0.25) is 5.82 Å². The molecule has 39 heavy (non-hydrogen) atoms. The number of anilines is 3. The van der Waals surface area contributed by atoms with Crippen LogP contribution in [0.5, 0.6) is 0 Å². The molecule has 4 rings (SSSR count). The van der Waals surface area contributed by atoms with Crippen LogP contribution in [-0.4, -0.2) is 20.4 Å². The van der Waals surface area contributed by atoms with Crippen LogP contribution >= 0.6 is 0 Å². The van der Waals surface area contributed by atoms with E-state index in [-0.39, 0.29) is 17.4 Å². The van der Waals surface area contributed by atoms with E-state index in [0.717, 1.165) is 42.5 Å². The maximum atomic E-state index is 13.8. The van der Waals surface area contributed by atoms with Gasteiger partial charge >= 0.3 is 5.69 Å². The highest BCUT2D eigenvalue weighted by Gasteiger charge is 2.18. The topological polar surface area (TPSA) is 119 Å². The molecule has 10 heteroatoms. The molecule has 9 nitrogen and oxygen atoms in total. The Kier molecular flexibility index (Phi) is 8.14. The summed E-state index contributed by atoms with van der Waals surface area (Å²) in [7, 11) is 1.56. The smallest absolute Gasteiger partial charge is 0.306 e. The molecule has 0 aliphatic heterocycles. The molecule has 3 aromatic carbocycles. The van der Waals surface area contributed by atoms with Crippen molar-refractivity contribution in [2.24, 2.45) is 7.05 Å². The predicted octanol–water partition coefficient (Wildman–Crippen LogP) is 6.14. The minimum Gasteiger partial charge on any atom is -0.335 e. The van der Waals surface area contributed by atoms with Crippen LogP contribution in [-0.2, 0) is 13.5 Å². The third kappa shape index (κ3) is 6.01. The Labute approximate surface area is 224 Å². The number of rotatable bonds is 9. The molecule has 0 radical (unpaired) electrons. The van der Waals surface area contributed by atoms with Gasteiger partial charge in [0.05, 0.1) is 10.6 Å². The molecule has 0 aliphatic rings. The van der Waals surface area contributed by atoms with Crippen molar-refractivity contribution in [2.45, 2.75) is 33.1 Å². The molecule has 0 saturated heterocycles. The minimum absolute atomic E-state index is 0.0883. The minimum atomic E-state index is -0.984. The number of unbranched alkanes of at least 4 members (excludes halogenated alkanes) is 1. The number of nitrogens with one attached hydrogen (secondary N) is 2. The molecule has 1 amide bonds. The van der Waals surface area contributed by atoms with Crippen molar-refractivity contribution in [3.05, 3.63) is 110 Å². The van der Waals surface area contributed by atoms with Crippen molar-refractivity contribution in [3.8, 4) is 11.3 Å². The van der Waals surface area contributed by atoms with E-state index in [2.05, 4.69) is 22.5 Å². The summed E-state index contributed by atoms with van der Waals surface area (Å²) in [5, 5.41) is 16.9. The maximum absolute atomic E-state index is 13.8. The summed E-state index contributed by atoms with van der Waals surface area (Å²) in [6, 6.07) is 16.2. The summed E-state index contributed by atoms with van der Waals surface area (Å²) < 4.78 is 15.1. The van der Waals surface area contributed by atoms with Gasteiger partial charge in [-0.2, -0.15) is 4.39 Å². The van der Waals surface area contributed by atoms with Gasteiger partial charge in [-0.3, -0.25) is 19.7 Å². The number of aryl methyl sites for hydroxylation is 2. The second-order valence-electron chi connectivity index (χ2n) is 9.13. The van der Waals surface area contributed by atoms with Gasteiger partial charge < -0.3 is 15.2 Å². The predicted molar refractivity (Wildman–Crippen MR) is 149 cm³/mol. The monoisotopic (exact) mass is 529 g/mol. The number of nitro benzene ring substituents is 1. The molecule has 1 aromatic heterocycles. The number of hydrogen-bond acceptors (Lipinski definition) is 6. The van der Waals surface area contributed by atoms with Gasteiger partial charge in [-0.25, -0.2) is 4.98 Å². The first-order valence-corrected chi connectivity index (χ1v) is 12.5. The van der Waals surface area contributed by atoms with Gasteiger partial charge in [-0.1, -0.05) is 43.7 Å². The molecule has 0 fully saturated rings. The van der Waals surface area contributed by atoms with Gasteiger partial charge in [0.25, 0.3) is 11.5 Å². The van der Waals surface area contributed by atoms with E-state index in [1.54, 1.807) is 25.4 Å². The summed E-state index contributed by atoms with van der Waals surface area (Å²) in [5.41, 5.74) is 3.01. The van der Waals surface area contributed by atoms with Crippen molar-refractivity contribution in [3.63, 3.8) is 0 Å². The summed E-state index contributed by atoms with van der Waals surface area (Å²) in [6.07, 6.45) is 4.39. The van der Waals surface area contributed by atoms with Gasteiger partial charge in [0.1, 0.15) is 0 Å². The second kappa shape index (κ2) is 11.7. The van der Waals surface area contributed by atoms with Gasteiger partial charge in [0, 0.05) is 41.8 Å². The maximum Gasteiger partial charge on any atom is 0.306 e. The molecule has 200 valence electrons. The molecular weight excluding hydrogens is 501 g/mol. The zero-order chi connectivity index (χ0) is 28.1.